The lowest BCUT2D eigenvalue weighted by Crippen LogP contribution is -2.42. The van der Waals surface area contributed by atoms with E-state index < -0.39 is 0 Å². The maximum Gasteiger partial charge on any atom is 0.266 e. The van der Waals surface area contributed by atoms with Crippen LogP contribution in [0.5, 0.6) is 0 Å². The van der Waals surface area contributed by atoms with Gasteiger partial charge in [0.05, 0.1) is 0 Å². The molecule has 0 aliphatic carbocycles. The van der Waals surface area contributed by atoms with E-state index in [4.69, 9.17) is 5.26 Å². The molecule has 1 amide bonds. The fourth-order valence-corrected chi connectivity index (χ4v) is 2.39. The van der Waals surface area contributed by atoms with E-state index in [0.717, 1.165) is 52.1 Å². The summed E-state index contributed by atoms with van der Waals surface area (Å²) in [5.41, 5.74) is 0.277. The summed E-state index contributed by atoms with van der Waals surface area (Å²) < 4.78 is 0. The first-order chi connectivity index (χ1) is 8.81. The highest BCUT2D eigenvalue weighted by molar-refractivity contribution is 5.97. The Hall–Kier alpha value is -1.54. The third-order valence-electron chi connectivity index (χ3n) is 3.46. The van der Waals surface area contributed by atoms with E-state index in [1.165, 1.54) is 6.42 Å². The average molecular weight is 248 g/mol. The van der Waals surface area contributed by atoms with Crippen molar-refractivity contribution in [1.82, 2.24) is 15.1 Å². The van der Waals surface area contributed by atoms with E-state index in [1.54, 1.807) is 11.1 Å². The molecule has 2 saturated heterocycles. The predicted octanol–water partition coefficient (Wildman–Crippen LogP) is 0.312. The Morgan fingerprint density at radius 3 is 2.39 bits per heavy atom. The van der Waals surface area contributed by atoms with Crippen molar-refractivity contribution >= 4 is 5.91 Å². The van der Waals surface area contributed by atoms with Crippen LogP contribution < -0.4 is 5.32 Å². The second-order valence-electron chi connectivity index (χ2n) is 4.79. The first kappa shape index (κ1) is 12.9. The summed E-state index contributed by atoms with van der Waals surface area (Å²) in [6.07, 6.45) is 5.03. The number of nitriles is 1. The molecule has 0 aromatic heterocycles. The third kappa shape index (κ3) is 3.23. The van der Waals surface area contributed by atoms with Crippen LogP contribution in [0, 0.1) is 11.3 Å². The van der Waals surface area contributed by atoms with E-state index in [1.807, 2.05) is 0 Å². The van der Waals surface area contributed by atoms with Gasteiger partial charge in [-0.1, -0.05) is 0 Å². The maximum atomic E-state index is 12.2. The largest absolute Gasteiger partial charge is 0.374 e. The number of rotatable bonds is 2. The molecular weight excluding hydrogens is 228 g/mol. The highest BCUT2D eigenvalue weighted by Crippen LogP contribution is 2.12. The van der Waals surface area contributed by atoms with Gasteiger partial charge in [-0.3, -0.25) is 4.79 Å². The molecule has 0 spiro atoms. The van der Waals surface area contributed by atoms with Gasteiger partial charge in [-0.25, -0.2) is 0 Å². The van der Waals surface area contributed by atoms with E-state index in [2.05, 4.69) is 16.3 Å². The van der Waals surface area contributed by atoms with Crippen molar-refractivity contribution in [3.05, 3.63) is 11.8 Å². The van der Waals surface area contributed by atoms with Gasteiger partial charge in [0, 0.05) is 45.5 Å². The summed E-state index contributed by atoms with van der Waals surface area (Å²) in [4.78, 5) is 16.1. The number of piperazine rings is 1. The molecule has 98 valence electrons. The molecule has 2 rings (SSSR count). The van der Waals surface area contributed by atoms with Gasteiger partial charge in [0.1, 0.15) is 11.6 Å². The lowest BCUT2D eigenvalue weighted by atomic mass is 10.1. The van der Waals surface area contributed by atoms with Crippen molar-refractivity contribution < 1.29 is 4.79 Å². The van der Waals surface area contributed by atoms with E-state index in [9.17, 15) is 4.79 Å². The molecule has 2 aliphatic heterocycles. The minimum atomic E-state index is -0.101. The van der Waals surface area contributed by atoms with Crippen LogP contribution in [0.1, 0.15) is 19.3 Å². The summed E-state index contributed by atoms with van der Waals surface area (Å²) in [5, 5.41) is 12.4. The SMILES string of the molecule is N#C/C(=C/N1CCNCC1)C(=O)N1CCCCC1. The molecule has 0 aromatic rings. The number of hydrogen-bond acceptors (Lipinski definition) is 4. The zero-order valence-corrected chi connectivity index (χ0v) is 10.7. The van der Waals surface area contributed by atoms with Gasteiger partial charge in [-0.2, -0.15) is 5.26 Å². The Labute approximate surface area is 108 Å². The highest BCUT2D eigenvalue weighted by atomic mass is 16.2. The van der Waals surface area contributed by atoms with Gasteiger partial charge < -0.3 is 15.1 Å². The number of nitrogens with zero attached hydrogens (tertiary/aromatic N) is 3. The van der Waals surface area contributed by atoms with Gasteiger partial charge in [0.15, 0.2) is 0 Å². The van der Waals surface area contributed by atoms with Crippen LogP contribution >= 0.6 is 0 Å². The van der Waals surface area contributed by atoms with Gasteiger partial charge in [-0.15, -0.1) is 0 Å². The number of amides is 1. The number of nitrogens with one attached hydrogen (secondary N) is 1. The fraction of sp³-hybridized carbons (Fsp3) is 0.692. The molecule has 0 bridgehead atoms. The van der Waals surface area contributed by atoms with Crippen LogP contribution in [0.3, 0.4) is 0 Å². The average Bonchev–Trinajstić information content (AvgIpc) is 2.46. The number of piperidine rings is 1. The molecule has 0 atom stereocenters. The van der Waals surface area contributed by atoms with Crippen molar-refractivity contribution in [3.8, 4) is 6.07 Å². The van der Waals surface area contributed by atoms with Crippen LogP contribution in [0.25, 0.3) is 0 Å². The van der Waals surface area contributed by atoms with Crippen LogP contribution in [0.15, 0.2) is 11.8 Å². The number of hydrogen-bond donors (Lipinski definition) is 1. The van der Waals surface area contributed by atoms with E-state index in [-0.39, 0.29) is 11.5 Å². The molecule has 2 aliphatic rings. The molecule has 18 heavy (non-hydrogen) atoms. The monoisotopic (exact) mass is 248 g/mol. The summed E-state index contributed by atoms with van der Waals surface area (Å²) in [5.74, 6) is -0.101. The number of likely N-dealkylation sites (tertiary alicyclic amines) is 1. The summed E-state index contributed by atoms with van der Waals surface area (Å²) >= 11 is 0. The first-order valence-electron chi connectivity index (χ1n) is 6.67. The minimum absolute atomic E-state index is 0.101. The second kappa shape index (κ2) is 6.41. The van der Waals surface area contributed by atoms with Crippen LogP contribution in [0.4, 0.5) is 0 Å². The Balaban J connectivity index is 2.00. The standard InChI is InChI=1S/C13H20N4O/c14-10-12(11-16-8-4-15-5-9-16)13(18)17-6-2-1-3-7-17/h11,15H,1-9H2/b12-11-. The molecular formula is C13H20N4O. The van der Waals surface area contributed by atoms with E-state index in [0.29, 0.717) is 0 Å². The normalized spacial score (nSPS) is 21.6. The Kier molecular flexibility index (Phi) is 4.59. The van der Waals surface area contributed by atoms with E-state index >= 15 is 0 Å². The van der Waals surface area contributed by atoms with Crippen molar-refractivity contribution in [2.45, 2.75) is 19.3 Å². The molecule has 5 heteroatoms. The molecule has 0 unspecified atom stereocenters. The molecule has 1 N–H and O–H groups in total. The number of carbonyl (C=O) groups excluding carboxylic acids is 1. The quantitative estimate of drug-likeness (QED) is 0.564. The predicted molar refractivity (Wildman–Crippen MR) is 68.6 cm³/mol. The van der Waals surface area contributed by atoms with Crippen LogP contribution in [0.2, 0.25) is 0 Å². The summed E-state index contributed by atoms with van der Waals surface area (Å²) in [6.45, 7) is 5.12. The van der Waals surface area contributed by atoms with Gasteiger partial charge >= 0.3 is 0 Å². The molecule has 5 nitrogen and oxygen atoms in total. The first-order valence-corrected chi connectivity index (χ1v) is 6.67. The zero-order chi connectivity index (χ0) is 12.8. The van der Waals surface area contributed by atoms with Gasteiger partial charge in [0.2, 0.25) is 0 Å². The van der Waals surface area contributed by atoms with Crippen LogP contribution in [-0.4, -0.2) is 55.0 Å². The second-order valence-corrected chi connectivity index (χ2v) is 4.79. The Morgan fingerprint density at radius 2 is 1.78 bits per heavy atom. The Morgan fingerprint density at radius 1 is 1.11 bits per heavy atom. The van der Waals surface area contributed by atoms with Crippen molar-refractivity contribution in [1.29, 1.82) is 5.26 Å². The molecule has 0 aromatic carbocycles. The molecule has 2 fully saturated rings. The lowest BCUT2D eigenvalue weighted by Gasteiger charge is -2.28. The Bertz CT molecular complexity index is 360. The molecule has 0 saturated carbocycles. The zero-order valence-electron chi connectivity index (χ0n) is 10.7. The van der Waals surface area contributed by atoms with Crippen molar-refractivity contribution in [3.63, 3.8) is 0 Å². The van der Waals surface area contributed by atoms with Gasteiger partial charge in [-0.05, 0) is 19.3 Å². The number of carbonyl (C=O) groups is 1. The maximum absolute atomic E-state index is 12.2. The minimum Gasteiger partial charge on any atom is -0.374 e. The summed E-state index contributed by atoms with van der Waals surface area (Å²) in [6, 6.07) is 2.05. The smallest absolute Gasteiger partial charge is 0.266 e. The highest BCUT2D eigenvalue weighted by Gasteiger charge is 2.21. The summed E-state index contributed by atoms with van der Waals surface area (Å²) in [7, 11) is 0. The molecule has 2 heterocycles. The van der Waals surface area contributed by atoms with Gasteiger partial charge in [0.25, 0.3) is 5.91 Å². The van der Waals surface area contributed by atoms with Crippen LogP contribution in [-0.2, 0) is 4.79 Å². The lowest BCUT2D eigenvalue weighted by molar-refractivity contribution is -0.127. The fourth-order valence-electron chi connectivity index (χ4n) is 2.39. The van der Waals surface area contributed by atoms with Crippen molar-refractivity contribution in [2.24, 2.45) is 0 Å². The third-order valence-corrected chi connectivity index (χ3v) is 3.46. The molecule has 0 radical (unpaired) electrons. The topological polar surface area (TPSA) is 59.4 Å². The van der Waals surface area contributed by atoms with Crippen molar-refractivity contribution in [2.75, 3.05) is 39.3 Å².